The molecule has 0 amide bonds. The molecule has 2 N–H and O–H groups in total. The summed E-state index contributed by atoms with van der Waals surface area (Å²) in [4.78, 5) is 18.4. The van der Waals surface area contributed by atoms with Crippen LogP contribution in [0.3, 0.4) is 0 Å². The molecule has 0 fully saturated rings. The Balaban J connectivity index is 2.99. The maximum Gasteiger partial charge on any atom is 0.353 e. The molecule has 1 aromatic heterocycles. The molecule has 0 aliphatic carbocycles. The number of hydrogen-bond donors (Lipinski definition) is 2. The predicted octanol–water partition coefficient (Wildman–Crippen LogP) is 2.03. The molecule has 0 saturated carbocycles. The van der Waals surface area contributed by atoms with Crippen molar-refractivity contribution in [3.8, 4) is 0 Å². The van der Waals surface area contributed by atoms with Crippen LogP contribution in [0.5, 0.6) is 0 Å². The SMILES string of the molecule is CCCNc1ncnc(NCCC)c1[N+](=O)[O-]. The normalized spacial score (nSPS) is 10.0. The van der Waals surface area contributed by atoms with Crippen molar-refractivity contribution in [2.75, 3.05) is 23.7 Å². The van der Waals surface area contributed by atoms with Gasteiger partial charge in [-0.05, 0) is 12.8 Å². The number of hydrogen-bond acceptors (Lipinski definition) is 6. The second kappa shape index (κ2) is 6.62. The second-order valence-corrected chi connectivity index (χ2v) is 3.53. The van der Waals surface area contributed by atoms with Crippen LogP contribution in [0.1, 0.15) is 26.7 Å². The summed E-state index contributed by atoms with van der Waals surface area (Å²) < 4.78 is 0. The van der Waals surface area contributed by atoms with Crippen molar-refractivity contribution in [3.63, 3.8) is 0 Å². The lowest BCUT2D eigenvalue weighted by Gasteiger charge is -2.08. The summed E-state index contributed by atoms with van der Waals surface area (Å²) in [6, 6.07) is 0. The average Bonchev–Trinajstić information content (AvgIpc) is 2.33. The molecular formula is C10H17N5O2. The lowest BCUT2D eigenvalue weighted by atomic mass is 10.4. The molecule has 0 saturated heterocycles. The maximum absolute atomic E-state index is 11.0. The summed E-state index contributed by atoms with van der Waals surface area (Å²) in [6.07, 6.45) is 3.07. The van der Waals surface area contributed by atoms with Crippen LogP contribution in [0.15, 0.2) is 6.33 Å². The van der Waals surface area contributed by atoms with Gasteiger partial charge in [-0.2, -0.15) is 0 Å². The van der Waals surface area contributed by atoms with Crippen LogP contribution in [0, 0.1) is 10.1 Å². The quantitative estimate of drug-likeness (QED) is 0.558. The van der Waals surface area contributed by atoms with Gasteiger partial charge in [0.2, 0.25) is 11.6 Å². The van der Waals surface area contributed by atoms with E-state index in [2.05, 4.69) is 20.6 Å². The summed E-state index contributed by atoms with van der Waals surface area (Å²) in [7, 11) is 0. The molecule has 94 valence electrons. The van der Waals surface area contributed by atoms with E-state index >= 15 is 0 Å². The second-order valence-electron chi connectivity index (χ2n) is 3.53. The molecular weight excluding hydrogens is 222 g/mol. The third kappa shape index (κ3) is 3.54. The number of rotatable bonds is 7. The van der Waals surface area contributed by atoms with Crippen LogP contribution in [0.25, 0.3) is 0 Å². The number of nitro groups is 1. The van der Waals surface area contributed by atoms with Crippen LogP contribution < -0.4 is 10.6 Å². The smallest absolute Gasteiger partial charge is 0.353 e. The Bertz CT molecular complexity index is 357. The average molecular weight is 239 g/mol. The lowest BCUT2D eigenvalue weighted by Crippen LogP contribution is -2.10. The van der Waals surface area contributed by atoms with E-state index in [1.807, 2.05) is 13.8 Å². The van der Waals surface area contributed by atoms with Gasteiger partial charge in [-0.25, -0.2) is 9.97 Å². The Labute approximate surface area is 99.8 Å². The van der Waals surface area contributed by atoms with E-state index in [0.29, 0.717) is 13.1 Å². The minimum absolute atomic E-state index is 0.0885. The van der Waals surface area contributed by atoms with Crippen LogP contribution in [-0.4, -0.2) is 28.0 Å². The molecule has 0 bridgehead atoms. The first-order valence-corrected chi connectivity index (χ1v) is 5.67. The Kier molecular flexibility index (Phi) is 5.12. The molecule has 1 aromatic rings. The maximum atomic E-state index is 11.0. The molecule has 0 aliphatic heterocycles. The summed E-state index contributed by atoms with van der Waals surface area (Å²) in [5.74, 6) is 0.538. The summed E-state index contributed by atoms with van der Waals surface area (Å²) in [5, 5.41) is 16.9. The molecule has 1 rings (SSSR count). The highest BCUT2D eigenvalue weighted by Gasteiger charge is 2.21. The van der Waals surface area contributed by atoms with E-state index in [1.165, 1.54) is 6.33 Å². The fourth-order valence-electron chi connectivity index (χ4n) is 1.30. The van der Waals surface area contributed by atoms with Crippen molar-refractivity contribution in [1.82, 2.24) is 9.97 Å². The summed E-state index contributed by atoms with van der Waals surface area (Å²) in [6.45, 7) is 5.25. The molecule has 0 aromatic carbocycles. The Morgan fingerprint density at radius 3 is 2.00 bits per heavy atom. The van der Waals surface area contributed by atoms with Gasteiger partial charge in [-0.1, -0.05) is 13.8 Å². The van der Waals surface area contributed by atoms with Crippen molar-refractivity contribution in [2.45, 2.75) is 26.7 Å². The zero-order valence-corrected chi connectivity index (χ0v) is 10.1. The predicted molar refractivity (Wildman–Crippen MR) is 66.2 cm³/mol. The fourth-order valence-corrected chi connectivity index (χ4v) is 1.30. The third-order valence-corrected chi connectivity index (χ3v) is 2.09. The van der Waals surface area contributed by atoms with E-state index in [-0.39, 0.29) is 17.3 Å². The first kappa shape index (κ1) is 13.1. The van der Waals surface area contributed by atoms with Gasteiger partial charge in [0.05, 0.1) is 4.92 Å². The number of nitrogens with zero attached hydrogens (tertiary/aromatic N) is 3. The van der Waals surface area contributed by atoms with E-state index in [4.69, 9.17) is 0 Å². The van der Waals surface area contributed by atoms with E-state index < -0.39 is 4.92 Å². The molecule has 0 atom stereocenters. The van der Waals surface area contributed by atoms with Crippen molar-refractivity contribution in [3.05, 3.63) is 16.4 Å². The molecule has 0 radical (unpaired) electrons. The van der Waals surface area contributed by atoms with Gasteiger partial charge in [0.1, 0.15) is 6.33 Å². The Hall–Kier alpha value is -1.92. The zero-order chi connectivity index (χ0) is 12.7. The van der Waals surface area contributed by atoms with Gasteiger partial charge in [0.15, 0.2) is 0 Å². The van der Waals surface area contributed by atoms with Crippen LogP contribution in [0.2, 0.25) is 0 Å². The van der Waals surface area contributed by atoms with Gasteiger partial charge in [-0.15, -0.1) is 0 Å². The molecule has 1 heterocycles. The standard InChI is InChI=1S/C10H17N5O2/c1-3-5-11-9-8(15(16)17)10(12-6-4-2)14-7-13-9/h7H,3-6H2,1-2H3,(H2,11,12,13,14). The van der Waals surface area contributed by atoms with Crippen molar-refractivity contribution < 1.29 is 4.92 Å². The first-order chi connectivity index (χ1) is 8.20. The summed E-state index contributed by atoms with van der Waals surface area (Å²) >= 11 is 0. The van der Waals surface area contributed by atoms with Crippen LogP contribution in [-0.2, 0) is 0 Å². The van der Waals surface area contributed by atoms with Crippen molar-refractivity contribution >= 4 is 17.3 Å². The number of aromatic nitrogens is 2. The largest absolute Gasteiger partial charge is 0.364 e. The monoisotopic (exact) mass is 239 g/mol. The van der Waals surface area contributed by atoms with Crippen LogP contribution >= 0.6 is 0 Å². The lowest BCUT2D eigenvalue weighted by molar-refractivity contribution is -0.383. The van der Waals surface area contributed by atoms with Gasteiger partial charge in [0, 0.05) is 13.1 Å². The van der Waals surface area contributed by atoms with Gasteiger partial charge in [0.25, 0.3) is 0 Å². The van der Waals surface area contributed by atoms with Crippen molar-refractivity contribution in [2.24, 2.45) is 0 Å². The minimum Gasteiger partial charge on any atom is -0.364 e. The van der Waals surface area contributed by atoms with E-state index in [1.54, 1.807) is 0 Å². The van der Waals surface area contributed by atoms with Gasteiger partial charge < -0.3 is 10.6 Å². The molecule has 17 heavy (non-hydrogen) atoms. The van der Waals surface area contributed by atoms with Gasteiger partial charge in [-0.3, -0.25) is 10.1 Å². The topological polar surface area (TPSA) is 93.0 Å². The highest BCUT2D eigenvalue weighted by atomic mass is 16.6. The van der Waals surface area contributed by atoms with Crippen LogP contribution in [0.4, 0.5) is 17.3 Å². The Morgan fingerprint density at radius 2 is 1.65 bits per heavy atom. The van der Waals surface area contributed by atoms with E-state index in [9.17, 15) is 10.1 Å². The molecule has 0 aliphatic rings. The van der Waals surface area contributed by atoms with E-state index in [0.717, 1.165) is 12.8 Å². The Morgan fingerprint density at radius 1 is 1.18 bits per heavy atom. The molecule has 7 heteroatoms. The van der Waals surface area contributed by atoms with Gasteiger partial charge >= 0.3 is 5.69 Å². The van der Waals surface area contributed by atoms with Crippen molar-refractivity contribution in [1.29, 1.82) is 0 Å². The molecule has 0 unspecified atom stereocenters. The first-order valence-electron chi connectivity index (χ1n) is 5.67. The fraction of sp³-hybridized carbons (Fsp3) is 0.600. The zero-order valence-electron chi connectivity index (χ0n) is 10.1. The molecule has 0 spiro atoms. The molecule has 7 nitrogen and oxygen atoms in total. The number of nitrogens with one attached hydrogen (secondary N) is 2. The highest BCUT2D eigenvalue weighted by Crippen LogP contribution is 2.28. The number of anilines is 2. The minimum atomic E-state index is -0.462. The highest BCUT2D eigenvalue weighted by molar-refractivity contribution is 5.69. The third-order valence-electron chi connectivity index (χ3n) is 2.09. The summed E-state index contributed by atoms with van der Waals surface area (Å²) in [5.41, 5.74) is -0.0885.